The Bertz CT molecular complexity index is 296. The quantitative estimate of drug-likeness (QED) is 0.768. The number of carbonyl (C=O) groups excluding carboxylic acids is 1. The lowest BCUT2D eigenvalue weighted by molar-refractivity contribution is -0.137. The smallest absolute Gasteiger partial charge is 0.317 e. The topological polar surface area (TPSA) is 78.9 Å². The average Bonchev–Trinajstić information content (AvgIpc) is 2.35. The van der Waals surface area contributed by atoms with E-state index in [2.05, 4.69) is 5.32 Å². The molecule has 1 fully saturated rings. The number of carboxylic acids is 1. The Morgan fingerprint density at radius 1 is 1.56 bits per heavy atom. The summed E-state index contributed by atoms with van der Waals surface area (Å²) < 4.78 is 5.25. The number of piperidine rings is 1. The Morgan fingerprint density at radius 2 is 2.28 bits per heavy atom. The Hall–Kier alpha value is -1.30. The van der Waals surface area contributed by atoms with Crippen LogP contribution in [-0.4, -0.2) is 54.9 Å². The lowest BCUT2D eigenvalue weighted by Crippen LogP contribution is -2.48. The second-order valence-corrected chi connectivity index (χ2v) is 4.84. The molecule has 2 N–H and O–H groups in total. The van der Waals surface area contributed by atoms with Crippen LogP contribution in [0.2, 0.25) is 0 Å². The van der Waals surface area contributed by atoms with E-state index in [9.17, 15) is 9.59 Å². The van der Waals surface area contributed by atoms with Crippen molar-refractivity contribution >= 4 is 12.0 Å². The minimum absolute atomic E-state index is 0.0607. The summed E-state index contributed by atoms with van der Waals surface area (Å²) in [7, 11) is 1.65. The van der Waals surface area contributed by atoms with Crippen molar-refractivity contribution in [2.45, 2.75) is 32.3 Å². The van der Waals surface area contributed by atoms with Gasteiger partial charge in [-0.3, -0.25) is 4.79 Å². The summed E-state index contributed by atoms with van der Waals surface area (Å²) in [6.07, 6.45) is 2.11. The number of nitrogens with zero attached hydrogens (tertiary/aromatic N) is 1. The van der Waals surface area contributed by atoms with Gasteiger partial charge in [-0.05, 0) is 18.8 Å². The van der Waals surface area contributed by atoms with Gasteiger partial charge in [-0.15, -0.1) is 0 Å². The van der Waals surface area contributed by atoms with Crippen molar-refractivity contribution in [2.75, 3.05) is 26.7 Å². The lowest BCUT2D eigenvalue weighted by Gasteiger charge is -2.32. The standard InChI is InChI=1S/C12H22N2O4/c1-9(6-11(15)16)7-13-12(17)14-5-3-4-10(8-14)18-2/h9-10H,3-8H2,1-2H3,(H,13,17)(H,15,16). The van der Waals surface area contributed by atoms with Gasteiger partial charge in [0.25, 0.3) is 0 Å². The molecule has 6 nitrogen and oxygen atoms in total. The summed E-state index contributed by atoms with van der Waals surface area (Å²) >= 11 is 0. The number of aliphatic carboxylic acids is 1. The van der Waals surface area contributed by atoms with Crippen LogP contribution in [0.15, 0.2) is 0 Å². The third-order valence-electron chi connectivity index (χ3n) is 3.12. The largest absolute Gasteiger partial charge is 0.481 e. The molecule has 1 aliphatic rings. The summed E-state index contributed by atoms with van der Waals surface area (Å²) in [4.78, 5) is 24.1. The minimum Gasteiger partial charge on any atom is -0.481 e. The number of likely N-dealkylation sites (tertiary alicyclic amines) is 1. The number of methoxy groups -OCH3 is 1. The van der Waals surface area contributed by atoms with Crippen molar-refractivity contribution in [3.8, 4) is 0 Å². The molecule has 0 saturated carbocycles. The molecule has 1 aliphatic heterocycles. The van der Waals surface area contributed by atoms with E-state index in [4.69, 9.17) is 9.84 Å². The molecule has 2 unspecified atom stereocenters. The number of rotatable bonds is 5. The monoisotopic (exact) mass is 258 g/mol. The van der Waals surface area contributed by atoms with Gasteiger partial charge < -0.3 is 20.1 Å². The third kappa shape index (κ3) is 4.91. The molecule has 0 aromatic heterocycles. The number of hydrogen-bond acceptors (Lipinski definition) is 3. The van der Waals surface area contributed by atoms with Crippen LogP contribution in [0.5, 0.6) is 0 Å². The highest BCUT2D eigenvalue weighted by Gasteiger charge is 2.23. The van der Waals surface area contributed by atoms with Crippen LogP contribution in [0.25, 0.3) is 0 Å². The van der Waals surface area contributed by atoms with E-state index in [1.54, 1.807) is 12.0 Å². The maximum atomic E-state index is 11.9. The van der Waals surface area contributed by atoms with Gasteiger partial charge in [0.2, 0.25) is 0 Å². The molecule has 1 heterocycles. The summed E-state index contributed by atoms with van der Waals surface area (Å²) in [5, 5.41) is 11.4. The number of nitrogens with one attached hydrogen (secondary N) is 1. The first-order valence-electron chi connectivity index (χ1n) is 6.30. The number of ether oxygens (including phenoxy) is 1. The van der Waals surface area contributed by atoms with Crippen molar-refractivity contribution in [3.63, 3.8) is 0 Å². The average molecular weight is 258 g/mol. The van der Waals surface area contributed by atoms with Gasteiger partial charge in [0.05, 0.1) is 6.10 Å². The molecule has 0 spiro atoms. The molecule has 0 radical (unpaired) electrons. The number of carboxylic acid groups (broad SMARTS) is 1. The fraction of sp³-hybridized carbons (Fsp3) is 0.833. The van der Waals surface area contributed by atoms with Crippen molar-refractivity contribution in [3.05, 3.63) is 0 Å². The molecule has 0 aromatic carbocycles. The predicted molar refractivity (Wildman–Crippen MR) is 66.4 cm³/mol. The first-order valence-corrected chi connectivity index (χ1v) is 6.30. The molecule has 2 atom stereocenters. The second kappa shape index (κ2) is 7.20. The third-order valence-corrected chi connectivity index (χ3v) is 3.12. The van der Waals surface area contributed by atoms with Gasteiger partial charge in [-0.25, -0.2) is 4.79 Å². The SMILES string of the molecule is COC1CCCN(C(=O)NCC(C)CC(=O)O)C1. The van der Waals surface area contributed by atoms with Crippen LogP contribution in [0, 0.1) is 5.92 Å². The fourth-order valence-corrected chi connectivity index (χ4v) is 2.06. The number of amides is 2. The van der Waals surface area contributed by atoms with E-state index in [0.29, 0.717) is 13.1 Å². The van der Waals surface area contributed by atoms with Crippen LogP contribution in [0.3, 0.4) is 0 Å². The number of hydrogen-bond donors (Lipinski definition) is 2. The Morgan fingerprint density at radius 3 is 2.89 bits per heavy atom. The van der Waals surface area contributed by atoms with Crippen molar-refractivity contribution in [2.24, 2.45) is 5.92 Å². The van der Waals surface area contributed by atoms with E-state index in [1.807, 2.05) is 6.92 Å². The lowest BCUT2D eigenvalue weighted by atomic mass is 10.1. The van der Waals surface area contributed by atoms with Crippen LogP contribution >= 0.6 is 0 Å². The summed E-state index contributed by atoms with van der Waals surface area (Å²) in [5.74, 6) is -0.899. The number of urea groups is 1. The van der Waals surface area contributed by atoms with E-state index in [1.165, 1.54) is 0 Å². The molecule has 18 heavy (non-hydrogen) atoms. The molecule has 0 bridgehead atoms. The molecule has 6 heteroatoms. The van der Waals surface area contributed by atoms with Crippen LogP contribution in [-0.2, 0) is 9.53 Å². The summed E-state index contributed by atoms with van der Waals surface area (Å²) in [5.41, 5.74) is 0. The zero-order valence-electron chi connectivity index (χ0n) is 11.0. The van der Waals surface area contributed by atoms with E-state index in [0.717, 1.165) is 19.4 Å². The molecular weight excluding hydrogens is 236 g/mol. The van der Waals surface area contributed by atoms with Gasteiger partial charge >= 0.3 is 12.0 Å². The minimum atomic E-state index is -0.839. The first kappa shape index (κ1) is 14.8. The zero-order valence-corrected chi connectivity index (χ0v) is 11.0. The van der Waals surface area contributed by atoms with Gasteiger partial charge in [-0.1, -0.05) is 6.92 Å². The predicted octanol–water partition coefficient (Wildman–Crippen LogP) is 0.918. The van der Waals surface area contributed by atoms with Crippen molar-refractivity contribution in [1.29, 1.82) is 0 Å². The molecule has 0 aliphatic carbocycles. The molecule has 2 amide bonds. The maximum absolute atomic E-state index is 11.9. The molecule has 1 saturated heterocycles. The summed E-state index contributed by atoms with van der Waals surface area (Å²) in [6.45, 7) is 3.54. The molecular formula is C12H22N2O4. The Kier molecular flexibility index (Phi) is 5.91. The first-order chi connectivity index (χ1) is 8.52. The van der Waals surface area contributed by atoms with E-state index >= 15 is 0 Å². The van der Waals surface area contributed by atoms with Gasteiger partial charge in [0, 0.05) is 33.2 Å². The van der Waals surface area contributed by atoms with Crippen molar-refractivity contribution < 1.29 is 19.4 Å². The highest BCUT2D eigenvalue weighted by molar-refractivity contribution is 5.74. The zero-order chi connectivity index (χ0) is 13.5. The van der Waals surface area contributed by atoms with Crippen LogP contribution in [0.4, 0.5) is 4.79 Å². The van der Waals surface area contributed by atoms with Gasteiger partial charge in [0.1, 0.15) is 0 Å². The molecule has 104 valence electrons. The van der Waals surface area contributed by atoms with E-state index < -0.39 is 5.97 Å². The van der Waals surface area contributed by atoms with E-state index in [-0.39, 0.29) is 24.5 Å². The molecule has 1 rings (SSSR count). The Balaban J connectivity index is 2.29. The van der Waals surface area contributed by atoms with Crippen LogP contribution < -0.4 is 5.32 Å². The fourth-order valence-electron chi connectivity index (χ4n) is 2.06. The van der Waals surface area contributed by atoms with Crippen LogP contribution in [0.1, 0.15) is 26.2 Å². The Labute approximate surface area is 107 Å². The highest BCUT2D eigenvalue weighted by atomic mass is 16.5. The maximum Gasteiger partial charge on any atom is 0.317 e. The normalized spacial score (nSPS) is 21.4. The highest BCUT2D eigenvalue weighted by Crippen LogP contribution is 2.12. The number of carbonyl (C=O) groups is 2. The molecule has 0 aromatic rings. The van der Waals surface area contributed by atoms with Gasteiger partial charge in [-0.2, -0.15) is 0 Å². The van der Waals surface area contributed by atoms with Gasteiger partial charge in [0.15, 0.2) is 0 Å². The summed E-state index contributed by atoms with van der Waals surface area (Å²) in [6, 6.07) is -0.131. The second-order valence-electron chi connectivity index (χ2n) is 4.84. The van der Waals surface area contributed by atoms with Crippen molar-refractivity contribution in [1.82, 2.24) is 10.2 Å².